The van der Waals surface area contributed by atoms with Crippen LogP contribution in [0.25, 0.3) is 0 Å². The molecule has 0 aliphatic carbocycles. The van der Waals surface area contributed by atoms with E-state index in [1.165, 1.54) is 12.1 Å². The Morgan fingerprint density at radius 1 is 1.26 bits per heavy atom. The molecule has 104 valence electrons. The van der Waals surface area contributed by atoms with E-state index in [9.17, 15) is 27.9 Å². The maximum absolute atomic E-state index is 12.5. The summed E-state index contributed by atoms with van der Waals surface area (Å²) in [6.07, 6.45) is -6.17. The van der Waals surface area contributed by atoms with Gasteiger partial charge in [0, 0.05) is 18.0 Å². The fourth-order valence-corrected chi connectivity index (χ4v) is 1.36. The zero-order valence-electron chi connectivity index (χ0n) is 9.95. The first-order valence-electron chi connectivity index (χ1n) is 5.34. The first kappa shape index (κ1) is 15.0. The highest BCUT2D eigenvalue weighted by Gasteiger charge is 2.40. The SMILES string of the molecule is Cc1ccc(C(=O)N[C@H](CC(=O)[O-])C(F)(F)F)cc1. The Kier molecular flexibility index (Phi) is 4.52. The third-order valence-electron chi connectivity index (χ3n) is 2.38. The summed E-state index contributed by atoms with van der Waals surface area (Å²) in [6, 6.07) is 3.38. The topological polar surface area (TPSA) is 69.2 Å². The molecule has 0 heterocycles. The molecule has 19 heavy (non-hydrogen) atoms. The number of benzene rings is 1. The first-order chi connectivity index (χ1) is 8.70. The van der Waals surface area contributed by atoms with Gasteiger partial charge in [-0.15, -0.1) is 0 Å². The fourth-order valence-electron chi connectivity index (χ4n) is 1.36. The van der Waals surface area contributed by atoms with E-state index < -0.39 is 30.5 Å². The maximum Gasteiger partial charge on any atom is 0.408 e. The Morgan fingerprint density at radius 2 is 1.79 bits per heavy atom. The molecule has 4 nitrogen and oxygen atoms in total. The molecule has 0 aromatic heterocycles. The highest BCUT2D eigenvalue weighted by atomic mass is 19.4. The average molecular weight is 274 g/mol. The summed E-state index contributed by atoms with van der Waals surface area (Å²) in [5, 5.41) is 11.9. The van der Waals surface area contributed by atoms with Crippen molar-refractivity contribution in [1.82, 2.24) is 5.32 Å². The number of halogens is 3. The van der Waals surface area contributed by atoms with E-state index >= 15 is 0 Å². The van der Waals surface area contributed by atoms with Gasteiger partial charge in [0.25, 0.3) is 5.91 Å². The predicted molar refractivity (Wildman–Crippen MR) is 58.1 cm³/mol. The van der Waals surface area contributed by atoms with E-state index in [4.69, 9.17) is 0 Å². The van der Waals surface area contributed by atoms with E-state index in [0.717, 1.165) is 5.56 Å². The van der Waals surface area contributed by atoms with E-state index in [1.54, 1.807) is 24.4 Å². The van der Waals surface area contributed by atoms with Gasteiger partial charge >= 0.3 is 6.18 Å². The Balaban J connectivity index is 2.81. The van der Waals surface area contributed by atoms with Crippen LogP contribution in [0.4, 0.5) is 13.2 Å². The zero-order chi connectivity index (χ0) is 14.6. The predicted octanol–water partition coefficient (Wildman–Crippen LogP) is 0.796. The number of hydrogen-bond donors (Lipinski definition) is 1. The number of carbonyl (C=O) groups is 2. The second-order valence-electron chi connectivity index (χ2n) is 4.01. The van der Waals surface area contributed by atoms with Crippen molar-refractivity contribution in [3.8, 4) is 0 Å². The minimum Gasteiger partial charge on any atom is -0.550 e. The van der Waals surface area contributed by atoms with Gasteiger partial charge in [-0.1, -0.05) is 17.7 Å². The van der Waals surface area contributed by atoms with Crippen LogP contribution in [0.15, 0.2) is 24.3 Å². The second-order valence-corrected chi connectivity index (χ2v) is 4.01. The van der Waals surface area contributed by atoms with Crippen LogP contribution in [-0.2, 0) is 4.79 Å². The lowest BCUT2D eigenvalue weighted by Crippen LogP contribution is -2.48. The van der Waals surface area contributed by atoms with Crippen LogP contribution >= 0.6 is 0 Å². The van der Waals surface area contributed by atoms with Crippen LogP contribution in [0.2, 0.25) is 0 Å². The van der Waals surface area contributed by atoms with E-state index in [1.807, 2.05) is 0 Å². The monoisotopic (exact) mass is 274 g/mol. The molecule has 0 saturated heterocycles. The summed E-state index contributed by atoms with van der Waals surface area (Å²) in [5.74, 6) is -2.87. The molecule has 0 saturated carbocycles. The highest BCUT2D eigenvalue weighted by molar-refractivity contribution is 5.94. The number of carboxylic acids is 1. The summed E-state index contributed by atoms with van der Waals surface area (Å²) in [4.78, 5) is 21.8. The number of hydrogen-bond acceptors (Lipinski definition) is 3. The van der Waals surface area contributed by atoms with Crippen LogP contribution in [-0.4, -0.2) is 24.1 Å². The average Bonchev–Trinajstić information content (AvgIpc) is 2.27. The van der Waals surface area contributed by atoms with Crippen LogP contribution in [0.3, 0.4) is 0 Å². The Labute approximate surface area is 107 Å². The summed E-state index contributed by atoms with van der Waals surface area (Å²) in [6.45, 7) is 1.76. The van der Waals surface area contributed by atoms with E-state index in [2.05, 4.69) is 0 Å². The van der Waals surface area contributed by atoms with Gasteiger partial charge < -0.3 is 15.2 Å². The van der Waals surface area contributed by atoms with Gasteiger partial charge in [-0.3, -0.25) is 4.79 Å². The largest absolute Gasteiger partial charge is 0.550 e. The molecule has 0 spiro atoms. The smallest absolute Gasteiger partial charge is 0.408 e. The summed E-state index contributed by atoms with van der Waals surface area (Å²) >= 11 is 0. The lowest BCUT2D eigenvalue weighted by molar-refractivity contribution is -0.308. The third kappa shape index (κ3) is 4.61. The van der Waals surface area contributed by atoms with Crippen molar-refractivity contribution in [2.75, 3.05) is 0 Å². The standard InChI is InChI=1S/C12H12F3NO3/c1-7-2-4-8(5-3-7)11(19)16-9(6-10(17)18)12(13,14)15/h2-5,9H,6H2,1H3,(H,16,19)(H,17,18)/p-1/t9-/m1/s1. The lowest BCUT2D eigenvalue weighted by atomic mass is 10.1. The van der Waals surface area contributed by atoms with Crippen LogP contribution in [0.1, 0.15) is 22.3 Å². The van der Waals surface area contributed by atoms with Crippen molar-refractivity contribution < 1.29 is 27.9 Å². The van der Waals surface area contributed by atoms with Crippen molar-refractivity contribution in [2.24, 2.45) is 0 Å². The molecule has 1 aromatic carbocycles. The van der Waals surface area contributed by atoms with Crippen molar-refractivity contribution in [3.05, 3.63) is 35.4 Å². The minimum absolute atomic E-state index is 0.0261. The third-order valence-corrected chi connectivity index (χ3v) is 2.38. The molecular formula is C12H11F3NO3-. The van der Waals surface area contributed by atoms with Gasteiger partial charge in [0.1, 0.15) is 6.04 Å². The lowest BCUT2D eigenvalue weighted by Gasteiger charge is -2.22. The number of rotatable bonds is 4. The highest BCUT2D eigenvalue weighted by Crippen LogP contribution is 2.22. The number of aliphatic carboxylic acids is 1. The molecule has 0 unspecified atom stereocenters. The number of carboxylic acid groups (broad SMARTS) is 1. The number of aryl methyl sites for hydroxylation is 1. The van der Waals surface area contributed by atoms with Crippen LogP contribution in [0.5, 0.6) is 0 Å². The zero-order valence-corrected chi connectivity index (χ0v) is 9.95. The molecular weight excluding hydrogens is 263 g/mol. The Morgan fingerprint density at radius 3 is 2.21 bits per heavy atom. The number of alkyl halides is 3. The maximum atomic E-state index is 12.5. The molecule has 1 atom stereocenters. The first-order valence-corrected chi connectivity index (χ1v) is 5.34. The fraction of sp³-hybridized carbons (Fsp3) is 0.333. The van der Waals surface area contributed by atoms with Crippen molar-refractivity contribution in [1.29, 1.82) is 0 Å². The summed E-state index contributed by atoms with van der Waals surface area (Å²) < 4.78 is 37.5. The Hall–Kier alpha value is -2.05. The number of carbonyl (C=O) groups excluding carboxylic acids is 2. The van der Waals surface area contributed by atoms with Crippen molar-refractivity contribution >= 4 is 11.9 Å². The second kappa shape index (κ2) is 5.73. The van der Waals surface area contributed by atoms with Gasteiger partial charge in [-0.25, -0.2) is 0 Å². The molecule has 1 aromatic rings. The van der Waals surface area contributed by atoms with Gasteiger partial charge in [0.2, 0.25) is 0 Å². The summed E-state index contributed by atoms with van der Waals surface area (Å²) in [7, 11) is 0. The molecule has 0 aliphatic rings. The quantitative estimate of drug-likeness (QED) is 0.882. The van der Waals surface area contributed by atoms with Gasteiger partial charge in [-0.2, -0.15) is 13.2 Å². The molecule has 0 fully saturated rings. The molecule has 0 radical (unpaired) electrons. The molecule has 1 N–H and O–H groups in total. The summed E-state index contributed by atoms with van der Waals surface area (Å²) in [5.41, 5.74) is 0.872. The van der Waals surface area contributed by atoms with Crippen molar-refractivity contribution in [3.63, 3.8) is 0 Å². The van der Waals surface area contributed by atoms with E-state index in [-0.39, 0.29) is 5.56 Å². The van der Waals surface area contributed by atoms with Crippen LogP contribution < -0.4 is 10.4 Å². The van der Waals surface area contributed by atoms with Crippen LogP contribution in [0, 0.1) is 6.92 Å². The molecule has 0 bridgehead atoms. The number of amides is 1. The van der Waals surface area contributed by atoms with Gasteiger partial charge in [-0.05, 0) is 19.1 Å². The molecule has 1 rings (SSSR count). The van der Waals surface area contributed by atoms with Crippen molar-refractivity contribution in [2.45, 2.75) is 25.6 Å². The minimum atomic E-state index is -4.85. The molecule has 7 heteroatoms. The molecule has 0 aliphatic heterocycles. The normalized spacial score (nSPS) is 12.8. The number of nitrogens with one attached hydrogen (secondary N) is 1. The van der Waals surface area contributed by atoms with E-state index in [0.29, 0.717) is 0 Å². The van der Waals surface area contributed by atoms with Gasteiger partial charge in [0.15, 0.2) is 0 Å². The molecule has 1 amide bonds. The van der Waals surface area contributed by atoms with Gasteiger partial charge in [0.05, 0.1) is 0 Å². The Bertz CT molecular complexity index is 468.